The number of nitrogens with one attached hydrogen (secondary N) is 1. The molecule has 38 heavy (non-hydrogen) atoms. The maximum atomic E-state index is 13.6. The van der Waals surface area contributed by atoms with Gasteiger partial charge in [-0.15, -0.1) is 0 Å². The molecule has 1 aromatic carbocycles. The number of carbonyl (C=O) groups is 2. The molecule has 1 spiro atoms. The Balaban J connectivity index is 1.39. The Bertz CT molecular complexity index is 1340. The maximum Gasteiger partial charge on any atom is 0.419 e. The number of carbonyl (C=O) groups excluding carboxylic acids is 2. The lowest BCUT2D eigenvalue weighted by atomic mass is 9.75. The average Bonchev–Trinajstić information content (AvgIpc) is 3.39. The maximum absolute atomic E-state index is 13.6. The van der Waals surface area contributed by atoms with Crippen molar-refractivity contribution < 1.29 is 22.8 Å². The van der Waals surface area contributed by atoms with Gasteiger partial charge in [-0.2, -0.15) is 18.4 Å². The van der Waals surface area contributed by atoms with Crippen molar-refractivity contribution in [2.24, 2.45) is 5.92 Å². The number of anilines is 2. The summed E-state index contributed by atoms with van der Waals surface area (Å²) in [5.41, 5.74) is -2.13. The lowest BCUT2D eigenvalue weighted by Gasteiger charge is -2.43. The van der Waals surface area contributed by atoms with Crippen LogP contribution in [0.4, 0.5) is 24.5 Å². The number of nitriles is 1. The fourth-order valence-corrected chi connectivity index (χ4v) is 5.85. The standard InChI is InChI=1S/C26H25F3N6O2S/c1-33-10-7-16(15-33)13-32-22(36)17-3-5-18(6-4-17)35-24(38)34(23(37)25(35)8-2-9-25)19-11-20(26(27,28)29)21(12-30)31-14-19/h3-6,11,14,16H,2,7-10,13,15H2,1H3,(H,32,36). The van der Waals surface area contributed by atoms with Crippen LogP contribution in [0.2, 0.25) is 0 Å². The van der Waals surface area contributed by atoms with Crippen LogP contribution < -0.4 is 15.1 Å². The molecule has 2 amide bonds. The SMILES string of the molecule is CN1CCC(CNC(=O)c2ccc(N3C(=S)N(c4cnc(C#N)c(C(F)(F)F)c4)C(=O)C34CCC4)cc2)C1. The molecule has 1 N–H and O–H groups in total. The number of amides is 2. The van der Waals surface area contributed by atoms with Gasteiger partial charge in [0.05, 0.1) is 17.4 Å². The predicted molar refractivity (Wildman–Crippen MR) is 137 cm³/mol. The number of hydrogen-bond donors (Lipinski definition) is 1. The van der Waals surface area contributed by atoms with Gasteiger partial charge >= 0.3 is 6.18 Å². The van der Waals surface area contributed by atoms with E-state index in [4.69, 9.17) is 17.5 Å². The topological polar surface area (TPSA) is 92.6 Å². The minimum atomic E-state index is -4.82. The molecule has 2 aliphatic heterocycles. The summed E-state index contributed by atoms with van der Waals surface area (Å²) < 4.78 is 40.7. The first-order valence-electron chi connectivity index (χ1n) is 12.3. The van der Waals surface area contributed by atoms with E-state index in [1.165, 1.54) is 6.07 Å². The van der Waals surface area contributed by atoms with Gasteiger partial charge in [-0.05, 0) is 87.7 Å². The molecule has 3 aliphatic rings. The number of hydrogen-bond acceptors (Lipinski definition) is 6. The Labute approximate surface area is 223 Å². The van der Waals surface area contributed by atoms with E-state index < -0.39 is 28.9 Å². The second kappa shape index (κ2) is 9.63. The molecule has 2 aromatic rings. The monoisotopic (exact) mass is 542 g/mol. The Kier molecular flexibility index (Phi) is 6.61. The van der Waals surface area contributed by atoms with E-state index >= 15 is 0 Å². The summed E-state index contributed by atoms with van der Waals surface area (Å²) in [7, 11) is 2.05. The highest BCUT2D eigenvalue weighted by atomic mass is 32.1. The molecule has 3 fully saturated rings. The second-order valence-corrected chi connectivity index (χ2v) is 10.4. The van der Waals surface area contributed by atoms with Gasteiger partial charge in [0.15, 0.2) is 10.8 Å². The van der Waals surface area contributed by atoms with Crippen LogP contribution in [-0.4, -0.2) is 59.0 Å². The third-order valence-electron chi connectivity index (χ3n) is 7.56. The predicted octanol–water partition coefficient (Wildman–Crippen LogP) is 3.71. The second-order valence-electron chi connectivity index (χ2n) is 10.0. The van der Waals surface area contributed by atoms with Crippen molar-refractivity contribution in [2.45, 2.75) is 37.4 Å². The summed E-state index contributed by atoms with van der Waals surface area (Å²) in [6, 6.07) is 8.87. The van der Waals surface area contributed by atoms with Crippen LogP contribution in [0, 0.1) is 17.2 Å². The average molecular weight is 543 g/mol. The highest BCUT2D eigenvalue weighted by Crippen LogP contribution is 2.48. The van der Waals surface area contributed by atoms with Crippen LogP contribution in [0.3, 0.4) is 0 Å². The quantitative estimate of drug-likeness (QED) is 0.576. The van der Waals surface area contributed by atoms with Gasteiger partial charge in [0.25, 0.3) is 11.8 Å². The lowest BCUT2D eigenvalue weighted by molar-refractivity contribution is -0.138. The van der Waals surface area contributed by atoms with Crippen LogP contribution in [0.25, 0.3) is 0 Å². The normalized spacial score (nSPS) is 21.1. The largest absolute Gasteiger partial charge is 0.419 e. The van der Waals surface area contributed by atoms with Crippen LogP contribution >= 0.6 is 12.2 Å². The van der Waals surface area contributed by atoms with Crippen molar-refractivity contribution in [3.63, 3.8) is 0 Å². The highest BCUT2D eigenvalue weighted by molar-refractivity contribution is 7.81. The van der Waals surface area contributed by atoms with Gasteiger partial charge in [0, 0.05) is 24.3 Å². The van der Waals surface area contributed by atoms with Crippen molar-refractivity contribution in [3.8, 4) is 6.07 Å². The van der Waals surface area contributed by atoms with E-state index in [2.05, 4.69) is 22.2 Å². The zero-order valence-electron chi connectivity index (χ0n) is 20.6. The Morgan fingerprint density at radius 1 is 1.26 bits per heavy atom. The molecule has 1 saturated carbocycles. The number of pyridine rings is 1. The van der Waals surface area contributed by atoms with Crippen molar-refractivity contribution in [1.29, 1.82) is 5.26 Å². The minimum absolute atomic E-state index is 0.0249. The molecular weight excluding hydrogens is 517 g/mol. The van der Waals surface area contributed by atoms with E-state index in [9.17, 15) is 22.8 Å². The van der Waals surface area contributed by atoms with Gasteiger partial charge in [-0.3, -0.25) is 14.5 Å². The summed E-state index contributed by atoms with van der Waals surface area (Å²) in [6.07, 6.45) is -1.00. The summed E-state index contributed by atoms with van der Waals surface area (Å²) in [6.45, 7) is 2.54. The number of thiocarbonyl (C=S) groups is 1. The van der Waals surface area contributed by atoms with Gasteiger partial charge in [0.2, 0.25) is 0 Å². The van der Waals surface area contributed by atoms with Crippen molar-refractivity contribution in [2.75, 3.05) is 36.5 Å². The van der Waals surface area contributed by atoms with Gasteiger partial charge in [0.1, 0.15) is 11.6 Å². The molecular formula is C26H25F3N6O2S. The fourth-order valence-electron chi connectivity index (χ4n) is 5.38. The molecule has 8 nitrogen and oxygen atoms in total. The minimum Gasteiger partial charge on any atom is -0.352 e. The summed E-state index contributed by atoms with van der Waals surface area (Å²) >= 11 is 5.62. The summed E-state index contributed by atoms with van der Waals surface area (Å²) in [5.74, 6) is -0.221. The van der Waals surface area contributed by atoms with E-state index in [-0.39, 0.29) is 16.7 Å². The van der Waals surface area contributed by atoms with E-state index in [0.717, 1.165) is 43.1 Å². The fraction of sp³-hybridized carbons (Fsp3) is 0.423. The van der Waals surface area contributed by atoms with Crippen molar-refractivity contribution >= 4 is 40.5 Å². The molecule has 198 valence electrons. The molecule has 0 bridgehead atoms. The zero-order valence-corrected chi connectivity index (χ0v) is 21.4. The number of aromatic nitrogens is 1. The third kappa shape index (κ3) is 4.39. The number of nitrogens with zero attached hydrogens (tertiary/aromatic N) is 5. The summed E-state index contributed by atoms with van der Waals surface area (Å²) in [4.78, 5) is 34.9. The third-order valence-corrected chi connectivity index (χ3v) is 7.93. The van der Waals surface area contributed by atoms with E-state index in [0.29, 0.717) is 36.6 Å². The first-order valence-corrected chi connectivity index (χ1v) is 12.7. The first-order chi connectivity index (χ1) is 18.0. The zero-order chi connectivity index (χ0) is 27.2. The smallest absolute Gasteiger partial charge is 0.352 e. The number of benzene rings is 1. The molecule has 1 atom stereocenters. The number of halogens is 3. The van der Waals surface area contributed by atoms with Crippen LogP contribution in [-0.2, 0) is 11.0 Å². The molecule has 1 aromatic heterocycles. The molecule has 0 radical (unpaired) electrons. The number of rotatable bonds is 5. The Hall–Kier alpha value is -3.56. The van der Waals surface area contributed by atoms with Crippen LogP contribution in [0.5, 0.6) is 0 Å². The molecule has 5 rings (SSSR count). The van der Waals surface area contributed by atoms with Crippen molar-refractivity contribution in [3.05, 3.63) is 53.3 Å². The van der Waals surface area contributed by atoms with E-state index in [1.54, 1.807) is 29.2 Å². The Morgan fingerprint density at radius 3 is 2.53 bits per heavy atom. The van der Waals surface area contributed by atoms with Crippen LogP contribution in [0.15, 0.2) is 36.5 Å². The molecule has 1 unspecified atom stereocenters. The number of likely N-dealkylation sites (tertiary alicyclic amines) is 1. The molecule has 2 saturated heterocycles. The van der Waals surface area contributed by atoms with Gasteiger partial charge in [-0.25, -0.2) is 4.98 Å². The van der Waals surface area contributed by atoms with Crippen molar-refractivity contribution in [1.82, 2.24) is 15.2 Å². The molecule has 12 heteroatoms. The molecule has 1 aliphatic carbocycles. The molecule has 3 heterocycles. The summed E-state index contributed by atoms with van der Waals surface area (Å²) in [5, 5.41) is 12.1. The Morgan fingerprint density at radius 2 is 1.97 bits per heavy atom. The van der Waals surface area contributed by atoms with Gasteiger partial charge in [-0.1, -0.05) is 0 Å². The highest BCUT2D eigenvalue weighted by Gasteiger charge is 2.59. The lowest BCUT2D eigenvalue weighted by Crippen LogP contribution is -2.55. The van der Waals surface area contributed by atoms with Crippen LogP contribution in [0.1, 0.15) is 47.3 Å². The van der Waals surface area contributed by atoms with E-state index in [1.807, 2.05) is 0 Å². The first kappa shape index (κ1) is 26.1. The van der Waals surface area contributed by atoms with Gasteiger partial charge < -0.3 is 15.1 Å². The number of alkyl halides is 3.